The Balaban J connectivity index is 1.40. The van der Waals surface area contributed by atoms with E-state index in [0.29, 0.717) is 5.69 Å². The number of amides is 1. The van der Waals surface area contributed by atoms with E-state index >= 15 is 0 Å². The van der Waals surface area contributed by atoms with Gasteiger partial charge in [0.1, 0.15) is 5.69 Å². The summed E-state index contributed by atoms with van der Waals surface area (Å²) in [6, 6.07) is 20.4. The third-order valence-electron chi connectivity index (χ3n) is 4.76. The monoisotopic (exact) mass is 331 g/mol. The van der Waals surface area contributed by atoms with Crippen molar-refractivity contribution in [3.05, 3.63) is 78.1 Å². The molecule has 0 aliphatic carbocycles. The number of hydrogen-bond donors (Lipinski definition) is 0. The quantitative estimate of drug-likeness (QED) is 0.739. The lowest BCUT2D eigenvalue weighted by atomic mass is 10.1. The summed E-state index contributed by atoms with van der Waals surface area (Å²) in [5, 5.41) is 2.12. The zero-order chi connectivity index (χ0) is 17.1. The molecule has 4 nitrogen and oxygen atoms in total. The van der Waals surface area contributed by atoms with Gasteiger partial charge in [-0.2, -0.15) is 0 Å². The number of nitrogens with zero attached hydrogens (tertiary/aromatic N) is 3. The Hall–Kier alpha value is -2.72. The summed E-state index contributed by atoms with van der Waals surface area (Å²) >= 11 is 0. The largest absolute Gasteiger partial charge is 0.335 e. The maximum Gasteiger partial charge on any atom is 0.272 e. The molecule has 1 saturated heterocycles. The summed E-state index contributed by atoms with van der Waals surface area (Å²) in [5.41, 5.74) is 1.86. The smallest absolute Gasteiger partial charge is 0.272 e. The van der Waals surface area contributed by atoms with Gasteiger partial charge in [-0.15, -0.1) is 0 Å². The van der Waals surface area contributed by atoms with Crippen LogP contribution in [0.5, 0.6) is 0 Å². The van der Waals surface area contributed by atoms with Gasteiger partial charge in [0, 0.05) is 44.3 Å². The van der Waals surface area contributed by atoms with Crippen LogP contribution in [0.25, 0.3) is 10.8 Å². The lowest BCUT2D eigenvalue weighted by molar-refractivity contribution is 0.0623. The summed E-state index contributed by atoms with van der Waals surface area (Å²) in [4.78, 5) is 21.4. The summed E-state index contributed by atoms with van der Waals surface area (Å²) in [6.45, 7) is 4.24. The van der Waals surface area contributed by atoms with Crippen LogP contribution in [0.3, 0.4) is 0 Å². The molecule has 4 heteroatoms. The zero-order valence-corrected chi connectivity index (χ0v) is 14.1. The second kappa shape index (κ2) is 7.03. The third-order valence-corrected chi connectivity index (χ3v) is 4.76. The topological polar surface area (TPSA) is 36.4 Å². The molecule has 0 atom stereocenters. The van der Waals surface area contributed by atoms with Crippen molar-refractivity contribution in [2.45, 2.75) is 6.54 Å². The number of carbonyl (C=O) groups excluding carboxylic acids is 1. The Bertz CT molecular complexity index is 870. The maximum absolute atomic E-state index is 12.8. The van der Waals surface area contributed by atoms with E-state index in [2.05, 4.69) is 34.1 Å². The minimum atomic E-state index is 0.0325. The Morgan fingerprint density at radius 1 is 0.880 bits per heavy atom. The van der Waals surface area contributed by atoms with Gasteiger partial charge in [-0.1, -0.05) is 54.6 Å². The first kappa shape index (κ1) is 15.8. The highest BCUT2D eigenvalue weighted by Crippen LogP contribution is 2.16. The molecule has 0 bridgehead atoms. The molecule has 4 rings (SSSR count). The lowest BCUT2D eigenvalue weighted by Crippen LogP contribution is -2.48. The fraction of sp³-hybridized carbons (Fsp3) is 0.238. The predicted molar refractivity (Wildman–Crippen MR) is 99.4 cm³/mol. The molecular weight excluding hydrogens is 310 g/mol. The highest BCUT2D eigenvalue weighted by atomic mass is 16.2. The van der Waals surface area contributed by atoms with Gasteiger partial charge in [0.25, 0.3) is 5.91 Å². The van der Waals surface area contributed by atoms with Crippen LogP contribution in [0.1, 0.15) is 16.1 Å². The highest BCUT2D eigenvalue weighted by Gasteiger charge is 2.23. The Labute approximate surface area is 147 Å². The van der Waals surface area contributed by atoms with Gasteiger partial charge in [-0.3, -0.25) is 14.7 Å². The number of carbonyl (C=O) groups is 1. The summed E-state index contributed by atoms with van der Waals surface area (Å²) in [7, 11) is 0. The van der Waals surface area contributed by atoms with Crippen molar-refractivity contribution in [2.24, 2.45) is 0 Å². The van der Waals surface area contributed by atoms with E-state index in [1.807, 2.05) is 41.3 Å². The molecule has 1 aliphatic rings. The van der Waals surface area contributed by atoms with E-state index in [9.17, 15) is 4.79 Å². The number of hydrogen-bond acceptors (Lipinski definition) is 3. The molecule has 0 saturated carbocycles. The van der Waals surface area contributed by atoms with Crippen LogP contribution < -0.4 is 0 Å². The van der Waals surface area contributed by atoms with Crippen molar-refractivity contribution < 1.29 is 4.79 Å². The highest BCUT2D eigenvalue weighted by molar-refractivity contribution is 5.96. The first-order chi connectivity index (χ1) is 12.3. The minimum Gasteiger partial charge on any atom is -0.335 e. The van der Waals surface area contributed by atoms with Crippen LogP contribution in [-0.2, 0) is 6.54 Å². The standard InChI is InChI=1S/C21H21N3O/c25-21(20-14-18-8-4-5-9-19(18)15-22-20)24-12-10-23(11-13-24)16-17-6-2-1-3-7-17/h1-9,14-15H,10-13,16H2. The summed E-state index contributed by atoms with van der Waals surface area (Å²) < 4.78 is 0. The molecule has 126 valence electrons. The van der Waals surface area contributed by atoms with E-state index < -0.39 is 0 Å². The van der Waals surface area contributed by atoms with E-state index in [0.717, 1.165) is 43.5 Å². The predicted octanol–water partition coefficient (Wildman–Crippen LogP) is 3.19. The molecule has 0 spiro atoms. The molecule has 25 heavy (non-hydrogen) atoms. The molecule has 1 aliphatic heterocycles. The third kappa shape index (κ3) is 3.54. The molecule has 2 heterocycles. The fourth-order valence-corrected chi connectivity index (χ4v) is 3.31. The maximum atomic E-state index is 12.8. The van der Waals surface area contributed by atoms with E-state index in [1.165, 1.54) is 5.56 Å². The van der Waals surface area contributed by atoms with Gasteiger partial charge < -0.3 is 4.90 Å². The van der Waals surface area contributed by atoms with Crippen LogP contribution in [0.4, 0.5) is 0 Å². The van der Waals surface area contributed by atoms with Gasteiger partial charge in [0.15, 0.2) is 0 Å². The zero-order valence-electron chi connectivity index (χ0n) is 14.1. The number of fused-ring (bicyclic) bond motifs is 1. The van der Waals surface area contributed by atoms with Gasteiger partial charge in [0.05, 0.1) is 0 Å². The van der Waals surface area contributed by atoms with Crippen molar-refractivity contribution >= 4 is 16.7 Å². The minimum absolute atomic E-state index is 0.0325. The van der Waals surface area contributed by atoms with Crippen molar-refractivity contribution in [2.75, 3.05) is 26.2 Å². The summed E-state index contributed by atoms with van der Waals surface area (Å²) in [6.07, 6.45) is 1.79. The number of pyridine rings is 1. The molecule has 1 amide bonds. The van der Waals surface area contributed by atoms with E-state index in [4.69, 9.17) is 0 Å². The van der Waals surface area contributed by atoms with Crippen molar-refractivity contribution in [3.63, 3.8) is 0 Å². The Kier molecular flexibility index (Phi) is 4.44. The fourth-order valence-electron chi connectivity index (χ4n) is 3.31. The second-order valence-electron chi connectivity index (χ2n) is 6.47. The van der Waals surface area contributed by atoms with Crippen molar-refractivity contribution in [1.82, 2.24) is 14.8 Å². The number of benzene rings is 2. The SMILES string of the molecule is O=C(c1cc2ccccc2cn1)N1CCN(Cc2ccccc2)CC1. The van der Waals surface area contributed by atoms with E-state index in [-0.39, 0.29) is 5.91 Å². The molecule has 1 fully saturated rings. The molecular formula is C21H21N3O. The molecule has 2 aromatic carbocycles. The molecule has 3 aromatic rings. The molecule has 0 N–H and O–H groups in total. The second-order valence-corrected chi connectivity index (χ2v) is 6.47. The first-order valence-corrected chi connectivity index (χ1v) is 8.70. The summed E-state index contributed by atoms with van der Waals surface area (Å²) in [5.74, 6) is 0.0325. The van der Waals surface area contributed by atoms with Crippen LogP contribution in [0, 0.1) is 0 Å². The van der Waals surface area contributed by atoms with Gasteiger partial charge in [-0.25, -0.2) is 0 Å². The first-order valence-electron chi connectivity index (χ1n) is 8.70. The average Bonchev–Trinajstić information content (AvgIpc) is 2.68. The van der Waals surface area contributed by atoms with Crippen molar-refractivity contribution in [3.8, 4) is 0 Å². The molecule has 0 unspecified atom stereocenters. The van der Waals surface area contributed by atoms with Crippen LogP contribution in [-0.4, -0.2) is 46.9 Å². The van der Waals surface area contributed by atoms with Crippen LogP contribution in [0.15, 0.2) is 66.9 Å². The van der Waals surface area contributed by atoms with Crippen molar-refractivity contribution in [1.29, 1.82) is 0 Å². The van der Waals surface area contributed by atoms with Crippen LogP contribution in [0.2, 0.25) is 0 Å². The van der Waals surface area contributed by atoms with Gasteiger partial charge >= 0.3 is 0 Å². The molecule has 0 radical (unpaired) electrons. The van der Waals surface area contributed by atoms with Crippen LogP contribution >= 0.6 is 0 Å². The van der Waals surface area contributed by atoms with Gasteiger partial charge in [0.2, 0.25) is 0 Å². The van der Waals surface area contributed by atoms with Gasteiger partial charge in [-0.05, 0) is 17.0 Å². The lowest BCUT2D eigenvalue weighted by Gasteiger charge is -2.34. The Morgan fingerprint density at radius 2 is 1.56 bits per heavy atom. The number of piperazine rings is 1. The number of rotatable bonds is 3. The normalized spacial score (nSPS) is 15.4. The number of aromatic nitrogens is 1. The van der Waals surface area contributed by atoms with E-state index in [1.54, 1.807) is 6.20 Å². The Morgan fingerprint density at radius 3 is 2.32 bits per heavy atom. The molecule has 1 aromatic heterocycles. The average molecular weight is 331 g/mol.